The fraction of sp³-hybridized carbons (Fsp3) is 0.520. The van der Waals surface area contributed by atoms with Crippen molar-refractivity contribution in [3.63, 3.8) is 0 Å². The number of phenols is 1. The van der Waals surface area contributed by atoms with Crippen LogP contribution in [0.5, 0.6) is 5.75 Å². The summed E-state index contributed by atoms with van der Waals surface area (Å²) in [7, 11) is 0. The zero-order valence-corrected chi connectivity index (χ0v) is 22.4. The Labute approximate surface area is 221 Å². The molecule has 7 nitrogen and oxygen atoms in total. The van der Waals surface area contributed by atoms with Crippen molar-refractivity contribution in [2.45, 2.75) is 48.8 Å². The number of fused-ring (bicyclic) bond motifs is 4. The quantitative estimate of drug-likeness (QED) is 0.252. The van der Waals surface area contributed by atoms with Crippen LogP contribution < -0.4 is 0 Å². The van der Waals surface area contributed by atoms with Gasteiger partial charge in [0.05, 0.1) is 17.3 Å². The number of halogens is 3. The Bertz CT molecular complexity index is 1200. The SMILES string of the molecule is CCCN1C(=O)[C@H]2[C@H](CC=C3[C@H]2C[C@@]2(Cl)C(=O)N(CBr)C(=O)[C@@]2(Cl)[C@H]3c2cccc(C)c2O)C1=O. The van der Waals surface area contributed by atoms with Crippen LogP contribution in [0.3, 0.4) is 0 Å². The summed E-state index contributed by atoms with van der Waals surface area (Å²) < 4.78 is 0. The van der Waals surface area contributed by atoms with Crippen molar-refractivity contribution in [1.82, 2.24) is 9.80 Å². The average molecular weight is 584 g/mol. The maximum atomic E-state index is 13.7. The monoisotopic (exact) mass is 582 g/mol. The molecule has 35 heavy (non-hydrogen) atoms. The summed E-state index contributed by atoms with van der Waals surface area (Å²) in [5, 5.41) is 11.0. The first-order valence-corrected chi connectivity index (χ1v) is 13.6. The number of rotatable bonds is 4. The van der Waals surface area contributed by atoms with Crippen LogP contribution in [0.4, 0.5) is 0 Å². The summed E-state index contributed by atoms with van der Waals surface area (Å²) in [4.78, 5) is 52.3. The molecule has 2 aliphatic carbocycles. The normalized spacial score (nSPS) is 36.3. The van der Waals surface area contributed by atoms with E-state index < -0.39 is 45.2 Å². The fourth-order valence-corrected chi connectivity index (χ4v) is 7.94. The number of para-hydroxylation sites is 1. The molecule has 0 unspecified atom stereocenters. The number of imide groups is 2. The van der Waals surface area contributed by atoms with Crippen LogP contribution in [0.1, 0.15) is 43.2 Å². The summed E-state index contributed by atoms with van der Waals surface area (Å²) in [5.41, 5.74) is 1.54. The summed E-state index contributed by atoms with van der Waals surface area (Å²) in [6.45, 7) is 3.96. The number of phenolic OH excluding ortho intramolecular Hbond substituents is 1. The summed E-state index contributed by atoms with van der Waals surface area (Å²) >= 11 is 17.5. The van der Waals surface area contributed by atoms with Crippen molar-refractivity contribution in [2.24, 2.45) is 17.8 Å². The Morgan fingerprint density at radius 2 is 1.80 bits per heavy atom. The lowest BCUT2D eigenvalue weighted by molar-refractivity contribution is -0.141. The highest BCUT2D eigenvalue weighted by Crippen LogP contribution is 2.66. The van der Waals surface area contributed by atoms with Gasteiger partial charge in [-0.2, -0.15) is 0 Å². The summed E-state index contributed by atoms with van der Waals surface area (Å²) in [6, 6.07) is 5.14. The zero-order chi connectivity index (χ0) is 25.4. The van der Waals surface area contributed by atoms with Gasteiger partial charge in [-0.15, -0.1) is 23.2 Å². The number of carbonyl (C=O) groups excluding carboxylic acids is 4. The van der Waals surface area contributed by atoms with Gasteiger partial charge in [0.25, 0.3) is 11.8 Å². The smallest absolute Gasteiger partial charge is 0.254 e. The lowest BCUT2D eigenvalue weighted by Crippen LogP contribution is -2.60. The van der Waals surface area contributed by atoms with Crippen LogP contribution >= 0.6 is 39.1 Å². The van der Waals surface area contributed by atoms with E-state index in [-0.39, 0.29) is 29.4 Å². The van der Waals surface area contributed by atoms with Gasteiger partial charge in [-0.3, -0.25) is 29.0 Å². The number of hydrogen-bond acceptors (Lipinski definition) is 5. The highest BCUT2D eigenvalue weighted by Gasteiger charge is 2.76. The zero-order valence-electron chi connectivity index (χ0n) is 19.3. The predicted molar refractivity (Wildman–Crippen MR) is 133 cm³/mol. The predicted octanol–water partition coefficient (Wildman–Crippen LogP) is 3.82. The molecule has 1 aromatic rings. The van der Waals surface area contributed by atoms with Crippen molar-refractivity contribution >= 4 is 62.8 Å². The molecule has 0 radical (unpaired) electrons. The number of benzene rings is 1. The highest BCUT2D eigenvalue weighted by atomic mass is 79.9. The molecule has 10 heteroatoms. The number of aromatic hydroxyl groups is 1. The van der Waals surface area contributed by atoms with Gasteiger partial charge in [-0.1, -0.05) is 52.7 Å². The minimum atomic E-state index is -1.91. The van der Waals surface area contributed by atoms with Crippen LogP contribution in [0.15, 0.2) is 29.8 Å². The maximum Gasteiger partial charge on any atom is 0.254 e. The summed E-state index contributed by atoms with van der Waals surface area (Å²) in [5.74, 6) is -4.59. The molecule has 186 valence electrons. The number of amides is 4. The minimum absolute atomic E-state index is 0.0424. The second kappa shape index (κ2) is 8.32. The van der Waals surface area contributed by atoms with Gasteiger partial charge in [0, 0.05) is 18.0 Å². The lowest BCUT2D eigenvalue weighted by Gasteiger charge is -2.50. The van der Waals surface area contributed by atoms with E-state index in [1.54, 1.807) is 25.1 Å². The number of likely N-dealkylation sites (tertiary alicyclic amines) is 2. The van der Waals surface area contributed by atoms with Gasteiger partial charge in [-0.25, -0.2) is 0 Å². The topological polar surface area (TPSA) is 95.0 Å². The summed E-state index contributed by atoms with van der Waals surface area (Å²) in [6.07, 6.45) is 2.77. The van der Waals surface area contributed by atoms with Crippen molar-refractivity contribution in [3.05, 3.63) is 41.0 Å². The van der Waals surface area contributed by atoms with Crippen LogP contribution in [-0.4, -0.2) is 60.3 Å². The Morgan fingerprint density at radius 1 is 1.09 bits per heavy atom. The molecule has 5 rings (SSSR count). The van der Waals surface area contributed by atoms with E-state index in [0.29, 0.717) is 36.1 Å². The molecule has 2 heterocycles. The van der Waals surface area contributed by atoms with Gasteiger partial charge in [0.1, 0.15) is 5.75 Å². The standard InChI is InChI=1S/C25H25BrCl2N2O5/c1-3-9-29-20(32)14-8-7-13-16(17(14)21(29)33)10-24(27)22(34)30(11-26)23(35)25(24,28)18(13)15-6-4-5-12(2)19(15)31/h4-7,14,16-18,31H,3,8-11H2,1-2H3/t14-,16+,17-,18+,24+,25-/m0/s1. The first-order valence-electron chi connectivity index (χ1n) is 11.7. The molecule has 2 aliphatic heterocycles. The van der Waals surface area contributed by atoms with E-state index in [2.05, 4.69) is 15.9 Å². The number of allylic oxidation sites excluding steroid dienone is 2. The average Bonchev–Trinajstić information content (AvgIpc) is 3.15. The van der Waals surface area contributed by atoms with E-state index in [4.69, 9.17) is 23.2 Å². The third-order valence-electron chi connectivity index (χ3n) is 8.13. The molecule has 1 N–H and O–H groups in total. The number of hydrogen-bond donors (Lipinski definition) is 1. The van der Waals surface area contributed by atoms with E-state index in [9.17, 15) is 24.3 Å². The number of carbonyl (C=O) groups is 4. The Hall–Kier alpha value is -1.90. The fourth-order valence-electron chi connectivity index (χ4n) is 6.52. The van der Waals surface area contributed by atoms with Crippen molar-refractivity contribution in [2.75, 3.05) is 12.0 Å². The van der Waals surface area contributed by atoms with Crippen LogP contribution in [0, 0.1) is 24.7 Å². The van der Waals surface area contributed by atoms with Gasteiger partial charge in [0.15, 0.2) is 9.75 Å². The number of nitrogens with zero attached hydrogens (tertiary/aromatic N) is 2. The van der Waals surface area contributed by atoms with Crippen LogP contribution in [0.25, 0.3) is 0 Å². The van der Waals surface area contributed by atoms with E-state index in [1.807, 2.05) is 13.0 Å². The lowest BCUT2D eigenvalue weighted by atomic mass is 9.56. The van der Waals surface area contributed by atoms with Crippen LogP contribution in [0.2, 0.25) is 0 Å². The van der Waals surface area contributed by atoms with E-state index >= 15 is 0 Å². The van der Waals surface area contributed by atoms with Gasteiger partial charge >= 0.3 is 0 Å². The van der Waals surface area contributed by atoms with Gasteiger partial charge in [0.2, 0.25) is 11.8 Å². The highest BCUT2D eigenvalue weighted by molar-refractivity contribution is 9.09. The third-order valence-corrected chi connectivity index (χ3v) is 10.0. The molecule has 4 amide bonds. The first kappa shape index (κ1) is 24.8. The van der Waals surface area contributed by atoms with E-state index in [1.165, 1.54) is 4.90 Å². The number of alkyl halides is 3. The number of aryl methyl sites for hydroxylation is 1. The van der Waals surface area contributed by atoms with Crippen molar-refractivity contribution in [3.8, 4) is 5.75 Å². The minimum Gasteiger partial charge on any atom is -0.507 e. The first-order chi connectivity index (χ1) is 16.5. The maximum absolute atomic E-state index is 13.7. The Kier molecular flexibility index (Phi) is 5.89. The van der Waals surface area contributed by atoms with E-state index in [0.717, 1.165) is 4.90 Å². The van der Waals surface area contributed by atoms with Crippen molar-refractivity contribution < 1.29 is 24.3 Å². The molecular formula is C25H25BrCl2N2O5. The second-order valence-corrected chi connectivity index (χ2v) is 11.6. The molecule has 6 atom stereocenters. The molecule has 3 fully saturated rings. The Morgan fingerprint density at radius 3 is 2.46 bits per heavy atom. The van der Waals surface area contributed by atoms with Gasteiger partial charge in [-0.05, 0) is 37.7 Å². The Balaban J connectivity index is 1.74. The van der Waals surface area contributed by atoms with Crippen molar-refractivity contribution in [1.29, 1.82) is 0 Å². The molecule has 1 saturated carbocycles. The second-order valence-electron chi connectivity index (χ2n) is 9.83. The van der Waals surface area contributed by atoms with Gasteiger partial charge < -0.3 is 5.11 Å². The molecule has 2 saturated heterocycles. The third kappa shape index (κ3) is 3.02. The largest absolute Gasteiger partial charge is 0.507 e. The molecule has 4 aliphatic rings. The molecule has 0 bridgehead atoms. The van der Waals surface area contributed by atoms with Crippen LogP contribution in [-0.2, 0) is 19.2 Å². The molecular weight excluding hydrogens is 559 g/mol. The molecule has 0 aromatic heterocycles. The molecule has 0 spiro atoms. The molecule has 1 aromatic carbocycles.